The lowest BCUT2D eigenvalue weighted by molar-refractivity contribution is 0.520. The summed E-state index contributed by atoms with van der Waals surface area (Å²) in [5.74, 6) is 0. The van der Waals surface area contributed by atoms with Gasteiger partial charge in [0.1, 0.15) is 0 Å². The molecule has 0 atom stereocenters. The number of hydrogen-bond acceptors (Lipinski definition) is 0. The Morgan fingerprint density at radius 1 is 0.290 bits per heavy atom. The van der Waals surface area contributed by atoms with Crippen molar-refractivity contribution in [2.45, 2.75) is 193 Å². The van der Waals surface area contributed by atoms with Crippen molar-refractivity contribution in [3.63, 3.8) is 0 Å². The minimum Gasteiger partial charge on any atom is -0.0678 e. The predicted octanol–water partition coefficient (Wildman–Crippen LogP) is 12.1. The molecule has 0 amide bonds. The topological polar surface area (TPSA) is 0 Å². The summed E-state index contributed by atoms with van der Waals surface area (Å²) in [6.45, 7) is 9.67. The van der Waals surface area contributed by atoms with Crippen LogP contribution in [0.2, 0.25) is 24.2 Å². The van der Waals surface area contributed by atoms with E-state index in [1.165, 1.54) is 159 Å². The second-order valence-electron chi connectivity index (χ2n) is 10.7. The van der Waals surface area contributed by atoms with Gasteiger partial charge in [-0.1, -0.05) is 193 Å². The summed E-state index contributed by atoms with van der Waals surface area (Å²) in [4.78, 5) is 0. The average Bonchev–Trinajstić information content (AvgIpc) is 2.80. The number of unbranched alkanes of at least 4 members (excludes halogenated alkanes) is 21. The van der Waals surface area contributed by atoms with Crippen LogP contribution < -0.4 is 0 Å². The highest BCUT2D eigenvalue weighted by atomic mass is 28.3. The van der Waals surface area contributed by atoms with Crippen LogP contribution in [0.1, 0.15) is 169 Å². The molecule has 0 aliphatic rings. The third-order valence-corrected chi connectivity index (χ3v) is 14.2. The standard InChI is InChI=1S/C30H64Si/c1-5-9-10-11-12-13-14-15-16-17-18-19-20-21-22-23-24-25-26-27-28-29-30-31(6-2,7-3)8-4/h5-30H2,1-4H3. The van der Waals surface area contributed by atoms with Gasteiger partial charge in [-0.25, -0.2) is 0 Å². The molecule has 0 fully saturated rings. The third kappa shape index (κ3) is 20.5. The van der Waals surface area contributed by atoms with Crippen molar-refractivity contribution in [2.75, 3.05) is 0 Å². The summed E-state index contributed by atoms with van der Waals surface area (Å²) in [6, 6.07) is 6.15. The van der Waals surface area contributed by atoms with Crippen molar-refractivity contribution in [1.29, 1.82) is 0 Å². The molecule has 0 aromatic carbocycles. The van der Waals surface area contributed by atoms with Crippen molar-refractivity contribution in [1.82, 2.24) is 0 Å². The molecule has 0 aromatic rings. The number of rotatable bonds is 26. The molecule has 1 heteroatoms. The van der Waals surface area contributed by atoms with Crippen molar-refractivity contribution in [2.24, 2.45) is 0 Å². The largest absolute Gasteiger partial charge is 0.0678 e. The zero-order chi connectivity index (χ0) is 22.9. The predicted molar refractivity (Wildman–Crippen MR) is 149 cm³/mol. The van der Waals surface area contributed by atoms with E-state index in [1.807, 2.05) is 0 Å². The zero-order valence-corrected chi connectivity index (χ0v) is 23.9. The van der Waals surface area contributed by atoms with Gasteiger partial charge in [0.25, 0.3) is 0 Å². The first-order valence-corrected chi connectivity index (χ1v) is 18.1. The molecule has 188 valence electrons. The van der Waals surface area contributed by atoms with Crippen molar-refractivity contribution in [3.8, 4) is 0 Å². The smallest absolute Gasteiger partial charge is 0.0527 e. The molecule has 0 nitrogen and oxygen atoms in total. The second-order valence-corrected chi connectivity index (χ2v) is 16.4. The molecule has 0 spiro atoms. The molecule has 0 heterocycles. The van der Waals surface area contributed by atoms with Gasteiger partial charge >= 0.3 is 0 Å². The van der Waals surface area contributed by atoms with Gasteiger partial charge in [0.15, 0.2) is 0 Å². The molecule has 0 saturated heterocycles. The Morgan fingerprint density at radius 2 is 0.516 bits per heavy atom. The van der Waals surface area contributed by atoms with Crippen LogP contribution in [0.5, 0.6) is 0 Å². The maximum absolute atomic E-state index is 2.46. The molecular formula is C30H64Si. The van der Waals surface area contributed by atoms with Crippen molar-refractivity contribution in [3.05, 3.63) is 0 Å². The molecule has 0 rings (SSSR count). The van der Waals surface area contributed by atoms with E-state index in [1.54, 1.807) is 6.04 Å². The number of hydrogen-bond donors (Lipinski definition) is 0. The van der Waals surface area contributed by atoms with Gasteiger partial charge in [-0.3, -0.25) is 0 Å². The lowest BCUT2D eigenvalue weighted by Crippen LogP contribution is -2.30. The molecular weight excluding hydrogens is 388 g/mol. The van der Waals surface area contributed by atoms with Crippen LogP contribution in [0.4, 0.5) is 0 Å². The fourth-order valence-corrected chi connectivity index (χ4v) is 8.95. The highest BCUT2D eigenvalue weighted by molar-refractivity contribution is 6.79. The minimum atomic E-state index is -0.834. The van der Waals surface area contributed by atoms with Crippen LogP contribution in [0.15, 0.2) is 0 Å². The van der Waals surface area contributed by atoms with Crippen LogP contribution >= 0.6 is 0 Å². The van der Waals surface area contributed by atoms with E-state index >= 15 is 0 Å². The summed E-state index contributed by atoms with van der Waals surface area (Å²) >= 11 is 0. The SMILES string of the molecule is CCCCCCCCCCCCCCCCCCCCCCCC[Si](CC)(CC)CC. The molecule has 0 saturated carbocycles. The summed E-state index contributed by atoms with van der Waals surface area (Å²) < 4.78 is 0. The Bertz CT molecular complexity index is 312. The Balaban J connectivity index is 3.16. The Hall–Kier alpha value is 0.217. The molecule has 0 radical (unpaired) electrons. The fourth-order valence-electron chi connectivity index (χ4n) is 5.39. The third-order valence-electron chi connectivity index (χ3n) is 8.31. The van der Waals surface area contributed by atoms with Crippen LogP contribution in [0, 0.1) is 0 Å². The summed E-state index contributed by atoms with van der Waals surface area (Å²) in [6.07, 6.45) is 32.7. The van der Waals surface area contributed by atoms with E-state index in [4.69, 9.17) is 0 Å². The van der Waals surface area contributed by atoms with E-state index in [0.29, 0.717) is 0 Å². The molecule has 0 bridgehead atoms. The monoisotopic (exact) mass is 452 g/mol. The Kier molecular flexibility index (Phi) is 25.0. The maximum Gasteiger partial charge on any atom is 0.0527 e. The first kappa shape index (κ1) is 31.2. The molecule has 0 unspecified atom stereocenters. The first-order chi connectivity index (χ1) is 15.2. The van der Waals surface area contributed by atoms with Gasteiger partial charge in [0.2, 0.25) is 0 Å². The van der Waals surface area contributed by atoms with E-state index in [-0.39, 0.29) is 0 Å². The van der Waals surface area contributed by atoms with E-state index in [0.717, 1.165) is 0 Å². The fraction of sp³-hybridized carbons (Fsp3) is 1.00. The highest BCUT2D eigenvalue weighted by Gasteiger charge is 2.25. The van der Waals surface area contributed by atoms with E-state index in [2.05, 4.69) is 27.7 Å². The quantitative estimate of drug-likeness (QED) is 0.0903. The minimum absolute atomic E-state index is 0.834. The van der Waals surface area contributed by atoms with Gasteiger partial charge in [-0.15, -0.1) is 0 Å². The van der Waals surface area contributed by atoms with Crippen molar-refractivity contribution < 1.29 is 0 Å². The average molecular weight is 453 g/mol. The van der Waals surface area contributed by atoms with Crippen LogP contribution in [-0.4, -0.2) is 8.07 Å². The summed E-state index contributed by atoms with van der Waals surface area (Å²) in [5, 5.41) is 0. The summed E-state index contributed by atoms with van der Waals surface area (Å²) in [5.41, 5.74) is 0. The second kappa shape index (κ2) is 24.9. The van der Waals surface area contributed by atoms with Gasteiger partial charge in [-0.05, 0) is 0 Å². The summed E-state index contributed by atoms with van der Waals surface area (Å²) in [7, 11) is -0.834. The van der Waals surface area contributed by atoms with Gasteiger partial charge in [0, 0.05) is 0 Å². The molecule has 0 aliphatic heterocycles. The Labute approximate surface area is 201 Å². The van der Waals surface area contributed by atoms with Crippen LogP contribution in [0.25, 0.3) is 0 Å². The Morgan fingerprint density at radius 3 is 0.742 bits per heavy atom. The molecule has 0 aliphatic carbocycles. The molecule has 0 aromatic heterocycles. The van der Waals surface area contributed by atoms with Crippen LogP contribution in [0.3, 0.4) is 0 Å². The van der Waals surface area contributed by atoms with Gasteiger partial charge in [-0.2, -0.15) is 0 Å². The zero-order valence-electron chi connectivity index (χ0n) is 22.9. The lowest BCUT2D eigenvalue weighted by Gasteiger charge is -2.28. The first-order valence-electron chi connectivity index (χ1n) is 15.2. The normalized spacial score (nSPS) is 12.0. The van der Waals surface area contributed by atoms with Crippen molar-refractivity contribution >= 4 is 8.07 Å². The maximum atomic E-state index is 2.46. The molecule has 0 N–H and O–H groups in total. The van der Waals surface area contributed by atoms with Gasteiger partial charge in [0.05, 0.1) is 8.07 Å². The van der Waals surface area contributed by atoms with Gasteiger partial charge < -0.3 is 0 Å². The molecule has 31 heavy (non-hydrogen) atoms. The highest BCUT2D eigenvalue weighted by Crippen LogP contribution is 2.27. The lowest BCUT2D eigenvalue weighted by atomic mass is 10.0. The van der Waals surface area contributed by atoms with E-state index in [9.17, 15) is 0 Å². The van der Waals surface area contributed by atoms with Crippen LogP contribution in [-0.2, 0) is 0 Å². The van der Waals surface area contributed by atoms with E-state index < -0.39 is 8.07 Å².